The number of benzene rings is 2. The fraction of sp³-hybridized carbons (Fsp3) is 0.370. The minimum atomic E-state index is -2.87. The van der Waals surface area contributed by atoms with Crippen LogP contribution in [-0.2, 0) is 9.16 Å². The average molecular weight is 520 g/mol. The number of hydrogen-bond donors (Lipinski definition) is 3. The monoisotopic (exact) mass is 519 g/mol. The van der Waals surface area contributed by atoms with Gasteiger partial charge in [0.1, 0.15) is 29.7 Å². The number of nitrogens with two attached hydrogens (primary N) is 1. The number of rotatable bonds is 6. The average Bonchev–Trinajstić information content (AvgIpc) is 3.40. The lowest BCUT2D eigenvalue weighted by molar-refractivity contribution is -0.0778. The number of hydrogen-bond acceptors (Lipinski definition) is 8. The molecule has 1 unspecified atom stereocenters. The summed E-state index contributed by atoms with van der Waals surface area (Å²) in [6, 6.07) is 20.5. The maximum absolute atomic E-state index is 11.4. The molecule has 0 spiro atoms. The van der Waals surface area contributed by atoms with E-state index in [1.807, 2.05) is 36.4 Å². The van der Waals surface area contributed by atoms with Gasteiger partial charge in [-0.2, -0.15) is 0 Å². The van der Waals surface area contributed by atoms with E-state index in [1.165, 1.54) is 12.7 Å². The van der Waals surface area contributed by atoms with Crippen LogP contribution in [0.4, 0.5) is 5.82 Å². The van der Waals surface area contributed by atoms with Gasteiger partial charge in [0.15, 0.2) is 17.7 Å². The molecule has 9 nitrogen and oxygen atoms in total. The van der Waals surface area contributed by atoms with Crippen LogP contribution in [0.15, 0.2) is 73.3 Å². The van der Waals surface area contributed by atoms with Gasteiger partial charge in [-0.05, 0) is 22.3 Å². The second-order valence-electron chi connectivity index (χ2n) is 10.7. The topological polar surface area (TPSA) is 129 Å². The van der Waals surface area contributed by atoms with E-state index in [0.29, 0.717) is 11.2 Å². The third kappa shape index (κ3) is 4.14. The number of aliphatic hydroxyl groups excluding tert-OH is 1. The molecule has 10 heteroatoms. The van der Waals surface area contributed by atoms with Gasteiger partial charge in [0, 0.05) is 0 Å². The second-order valence-corrected chi connectivity index (χ2v) is 15.0. The first kappa shape index (κ1) is 25.5. The summed E-state index contributed by atoms with van der Waals surface area (Å²) in [4.78, 5) is 12.5. The van der Waals surface area contributed by atoms with Crippen molar-refractivity contribution in [3.05, 3.63) is 73.3 Å². The number of nitrogen functional groups attached to an aromatic ring is 1. The van der Waals surface area contributed by atoms with Gasteiger partial charge in [0.2, 0.25) is 0 Å². The number of aromatic nitrogens is 4. The van der Waals surface area contributed by atoms with Crippen molar-refractivity contribution in [1.82, 2.24) is 19.5 Å². The van der Waals surface area contributed by atoms with Crippen LogP contribution >= 0.6 is 0 Å². The highest BCUT2D eigenvalue weighted by atomic mass is 28.4. The third-order valence-electron chi connectivity index (χ3n) is 7.35. The van der Waals surface area contributed by atoms with Crippen molar-refractivity contribution in [3.63, 3.8) is 0 Å². The molecule has 1 aliphatic heterocycles. The van der Waals surface area contributed by atoms with E-state index in [2.05, 4.69) is 60.0 Å². The number of ether oxygens (including phenoxy) is 1. The molecule has 5 rings (SSSR count). The Morgan fingerprint density at radius 3 is 2.19 bits per heavy atom. The molecule has 3 heterocycles. The Balaban J connectivity index is 1.51. The molecule has 37 heavy (non-hydrogen) atoms. The minimum absolute atomic E-state index is 0.0809. The highest BCUT2D eigenvalue weighted by Crippen LogP contribution is 2.41. The molecule has 1 saturated heterocycles. The lowest BCUT2D eigenvalue weighted by atomic mass is 9.95. The van der Waals surface area contributed by atoms with Crippen molar-refractivity contribution >= 4 is 35.7 Å². The smallest absolute Gasteiger partial charge is 0.261 e. The molecule has 2 aromatic carbocycles. The van der Waals surface area contributed by atoms with E-state index in [4.69, 9.17) is 14.9 Å². The summed E-state index contributed by atoms with van der Waals surface area (Å²) in [5, 5.41) is 24.6. The highest BCUT2D eigenvalue weighted by Gasteiger charge is 2.56. The van der Waals surface area contributed by atoms with Gasteiger partial charge in [-0.25, -0.2) is 15.0 Å². The van der Waals surface area contributed by atoms with Crippen LogP contribution in [0, 0.1) is 0 Å². The molecule has 0 bridgehead atoms. The molecule has 194 valence electrons. The van der Waals surface area contributed by atoms with E-state index in [1.54, 1.807) is 11.5 Å². The fourth-order valence-corrected chi connectivity index (χ4v) is 9.86. The zero-order chi connectivity index (χ0) is 26.4. The lowest BCUT2D eigenvalue weighted by Crippen LogP contribution is -2.67. The van der Waals surface area contributed by atoms with Crippen molar-refractivity contribution in [2.45, 2.75) is 56.8 Å². The molecule has 0 aliphatic carbocycles. The van der Waals surface area contributed by atoms with Crippen molar-refractivity contribution in [2.75, 3.05) is 12.3 Å². The minimum Gasteiger partial charge on any atom is -0.405 e. The Kier molecular flexibility index (Phi) is 6.41. The summed E-state index contributed by atoms with van der Waals surface area (Å²) in [6.45, 7) is 8.21. The van der Waals surface area contributed by atoms with Crippen LogP contribution in [0.25, 0.3) is 11.2 Å². The first-order valence-corrected chi connectivity index (χ1v) is 14.2. The van der Waals surface area contributed by atoms with Crippen LogP contribution in [-0.4, -0.2) is 62.5 Å². The Labute approximate surface area is 217 Å². The molecule has 0 radical (unpaired) electrons. The van der Waals surface area contributed by atoms with Crippen LogP contribution in [0.1, 0.15) is 33.9 Å². The maximum atomic E-state index is 11.4. The first-order chi connectivity index (χ1) is 17.6. The predicted octanol–water partition coefficient (Wildman–Crippen LogP) is 1.99. The molecule has 0 saturated carbocycles. The SMILES string of the molecule is CC(C)(C)[Si](OC[C@H]1O[C@@H](n2cnc3c(N)ncnc32)C(O)[C@@]1(C)O)(c1ccccc1)c1ccccc1. The Hall–Kier alpha value is -3.15. The molecule has 4 aromatic rings. The Bertz CT molecular complexity index is 1330. The largest absolute Gasteiger partial charge is 0.405 e. The van der Waals surface area contributed by atoms with E-state index in [-0.39, 0.29) is 17.5 Å². The summed E-state index contributed by atoms with van der Waals surface area (Å²) >= 11 is 0. The Morgan fingerprint density at radius 2 is 1.62 bits per heavy atom. The summed E-state index contributed by atoms with van der Waals surface area (Å²) < 4.78 is 14.8. The van der Waals surface area contributed by atoms with Crippen molar-refractivity contribution in [2.24, 2.45) is 0 Å². The third-order valence-corrected chi connectivity index (χ3v) is 12.4. The standard InChI is InChI=1S/C27H33N5O4Si/c1-26(2,3)37(18-11-7-5-8-12-18,19-13-9-6-10-14-19)35-15-20-27(4,34)22(33)25(36-20)32-17-31-21-23(28)29-16-30-24(21)32/h5-14,16-17,20,22,25,33-34H,15H2,1-4H3,(H2,28,29,30)/t20-,22?,25-,27+/m1/s1. The fourth-order valence-electron chi connectivity index (χ4n) is 5.30. The number of imidazole rings is 1. The van der Waals surface area contributed by atoms with Crippen LogP contribution < -0.4 is 16.1 Å². The molecule has 4 atom stereocenters. The second kappa shape index (κ2) is 9.30. The number of aliphatic hydroxyl groups is 2. The van der Waals surface area contributed by atoms with E-state index >= 15 is 0 Å². The van der Waals surface area contributed by atoms with Crippen molar-refractivity contribution < 1.29 is 19.4 Å². The molecular formula is C27H33N5O4Si. The maximum Gasteiger partial charge on any atom is 0.261 e. The van der Waals surface area contributed by atoms with Crippen LogP contribution in [0.5, 0.6) is 0 Å². The van der Waals surface area contributed by atoms with Gasteiger partial charge in [-0.1, -0.05) is 81.4 Å². The van der Waals surface area contributed by atoms with Gasteiger partial charge in [-0.15, -0.1) is 0 Å². The highest BCUT2D eigenvalue weighted by molar-refractivity contribution is 6.99. The summed E-state index contributed by atoms with van der Waals surface area (Å²) in [7, 11) is -2.87. The van der Waals surface area contributed by atoms with Gasteiger partial charge < -0.3 is 25.1 Å². The number of anilines is 1. The molecule has 0 amide bonds. The number of nitrogens with zero attached hydrogens (tertiary/aromatic N) is 4. The van der Waals surface area contributed by atoms with Crippen molar-refractivity contribution in [1.29, 1.82) is 0 Å². The van der Waals surface area contributed by atoms with Gasteiger partial charge in [-0.3, -0.25) is 4.57 Å². The summed E-state index contributed by atoms with van der Waals surface area (Å²) in [6.07, 6.45) is -0.175. The van der Waals surface area contributed by atoms with Gasteiger partial charge in [0.05, 0.1) is 12.9 Å². The molecule has 1 aliphatic rings. The normalized spacial score (nSPS) is 24.5. The number of fused-ring (bicyclic) bond motifs is 1. The predicted molar refractivity (Wildman–Crippen MR) is 144 cm³/mol. The van der Waals surface area contributed by atoms with E-state index in [0.717, 1.165) is 10.4 Å². The molecule has 4 N–H and O–H groups in total. The van der Waals surface area contributed by atoms with E-state index in [9.17, 15) is 10.2 Å². The van der Waals surface area contributed by atoms with Gasteiger partial charge in [0.25, 0.3) is 8.32 Å². The molecular weight excluding hydrogens is 486 g/mol. The molecule has 2 aromatic heterocycles. The zero-order valence-electron chi connectivity index (χ0n) is 21.4. The van der Waals surface area contributed by atoms with E-state index < -0.39 is 32.4 Å². The lowest BCUT2D eigenvalue weighted by Gasteiger charge is -2.44. The van der Waals surface area contributed by atoms with Crippen LogP contribution in [0.2, 0.25) is 5.04 Å². The summed E-state index contributed by atoms with van der Waals surface area (Å²) in [5.74, 6) is 0.231. The van der Waals surface area contributed by atoms with Crippen LogP contribution in [0.3, 0.4) is 0 Å². The van der Waals surface area contributed by atoms with Gasteiger partial charge >= 0.3 is 0 Å². The first-order valence-electron chi connectivity index (χ1n) is 12.3. The summed E-state index contributed by atoms with van der Waals surface area (Å²) in [5.41, 5.74) is 5.17. The molecule has 1 fully saturated rings. The van der Waals surface area contributed by atoms with Crippen molar-refractivity contribution in [3.8, 4) is 0 Å². The quantitative estimate of drug-likeness (QED) is 0.330. The Morgan fingerprint density at radius 1 is 1.03 bits per heavy atom. The zero-order valence-corrected chi connectivity index (χ0v) is 22.4.